The van der Waals surface area contributed by atoms with Crippen LogP contribution in [0.15, 0.2) is 18.6 Å². The molecule has 2 aromatic rings. The van der Waals surface area contributed by atoms with Crippen LogP contribution >= 0.6 is 0 Å². The third-order valence-corrected chi connectivity index (χ3v) is 3.19. The van der Waals surface area contributed by atoms with Gasteiger partial charge in [-0.15, -0.1) is 0 Å². The van der Waals surface area contributed by atoms with E-state index in [1.807, 2.05) is 10.6 Å². The fraction of sp³-hybridized carbons (Fsp3) is 0.538. The molecule has 4 N–H and O–H groups in total. The van der Waals surface area contributed by atoms with Gasteiger partial charge in [0.2, 0.25) is 0 Å². The third kappa shape index (κ3) is 3.35. The van der Waals surface area contributed by atoms with Crippen molar-refractivity contribution in [1.29, 1.82) is 0 Å². The molecule has 0 radical (unpaired) electrons. The Bertz CT molecular complexity index is 519. The highest BCUT2D eigenvalue weighted by Gasteiger charge is 2.10. The maximum absolute atomic E-state index is 9.06. The summed E-state index contributed by atoms with van der Waals surface area (Å²) in [6.45, 7) is 3.14. The Kier molecular flexibility index (Phi) is 4.57. The number of hydrogen-bond donors (Lipinski definition) is 3. The highest BCUT2D eigenvalue weighted by molar-refractivity contribution is 5.64. The van der Waals surface area contributed by atoms with Gasteiger partial charge in [-0.2, -0.15) is 0 Å². The molecular formula is C13H21N5O. The van der Waals surface area contributed by atoms with Crippen molar-refractivity contribution < 1.29 is 5.11 Å². The number of nitrogens with two attached hydrogens (primary N) is 1. The van der Waals surface area contributed by atoms with Gasteiger partial charge in [0.1, 0.15) is 5.82 Å². The molecule has 0 aliphatic rings. The summed E-state index contributed by atoms with van der Waals surface area (Å²) in [7, 11) is 0. The fourth-order valence-electron chi connectivity index (χ4n) is 2.25. The van der Waals surface area contributed by atoms with Crippen molar-refractivity contribution in [2.75, 3.05) is 24.2 Å². The van der Waals surface area contributed by atoms with Crippen LogP contribution in [0.5, 0.6) is 0 Å². The van der Waals surface area contributed by atoms with Crippen molar-refractivity contribution in [2.24, 2.45) is 5.92 Å². The highest BCUT2D eigenvalue weighted by atomic mass is 16.3. The molecule has 0 aliphatic heterocycles. The minimum absolute atomic E-state index is 0.218. The number of rotatable bonds is 7. The Morgan fingerprint density at radius 3 is 3.05 bits per heavy atom. The van der Waals surface area contributed by atoms with E-state index in [1.165, 1.54) is 0 Å². The standard InChI is InChI=1S/C13H21N5O/c1-2-3-10(4-7-19)8-16-12-13-15-5-6-18(13)9-11(14)17-12/h5-6,9-10,19H,2-4,7-8,14H2,1H3,(H,16,17). The number of imidazole rings is 1. The first-order valence-electron chi connectivity index (χ1n) is 6.68. The topological polar surface area (TPSA) is 88.5 Å². The maximum atomic E-state index is 9.06. The molecule has 2 heterocycles. The summed E-state index contributed by atoms with van der Waals surface area (Å²) in [4.78, 5) is 8.55. The molecule has 6 nitrogen and oxygen atoms in total. The lowest BCUT2D eigenvalue weighted by atomic mass is 10.0. The molecule has 1 atom stereocenters. The molecule has 104 valence electrons. The van der Waals surface area contributed by atoms with Crippen LogP contribution in [-0.2, 0) is 0 Å². The van der Waals surface area contributed by atoms with Gasteiger partial charge in [0.05, 0.1) is 6.20 Å². The molecule has 2 aromatic heterocycles. The van der Waals surface area contributed by atoms with Crippen LogP contribution < -0.4 is 11.1 Å². The van der Waals surface area contributed by atoms with Crippen LogP contribution in [0.4, 0.5) is 11.6 Å². The lowest BCUT2D eigenvalue weighted by Crippen LogP contribution is -2.17. The van der Waals surface area contributed by atoms with Gasteiger partial charge in [-0.25, -0.2) is 9.97 Å². The van der Waals surface area contributed by atoms with E-state index in [9.17, 15) is 0 Å². The summed E-state index contributed by atoms with van der Waals surface area (Å²) in [6, 6.07) is 0. The number of aromatic nitrogens is 3. The molecule has 6 heteroatoms. The zero-order valence-electron chi connectivity index (χ0n) is 11.2. The van der Waals surface area contributed by atoms with E-state index in [0.29, 0.717) is 17.6 Å². The Labute approximate surface area is 112 Å². The van der Waals surface area contributed by atoms with Crippen LogP contribution in [0.3, 0.4) is 0 Å². The SMILES string of the molecule is CCCC(CCO)CNc1nc(N)cn2ccnc12. The number of aliphatic hydroxyl groups is 1. The lowest BCUT2D eigenvalue weighted by molar-refractivity contribution is 0.255. The summed E-state index contributed by atoms with van der Waals surface area (Å²) >= 11 is 0. The normalized spacial score (nSPS) is 12.7. The Hall–Kier alpha value is -1.82. The van der Waals surface area contributed by atoms with E-state index in [4.69, 9.17) is 10.8 Å². The molecule has 19 heavy (non-hydrogen) atoms. The summed E-state index contributed by atoms with van der Waals surface area (Å²) in [5.74, 6) is 1.60. The summed E-state index contributed by atoms with van der Waals surface area (Å²) in [5, 5.41) is 12.4. The second-order valence-corrected chi connectivity index (χ2v) is 4.72. The van der Waals surface area contributed by atoms with Crippen molar-refractivity contribution >= 4 is 17.3 Å². The molecule has 0 fully saturated rings. The van der Waals surface area contributed by atoms with E-state index in [-0.39, 0.29) is 6.61 Å². The number of fused-ring (bicyclic) bond motifs is 1. The first-order chi connectivity index (χ1) is 9.24. The Morgan fingerprint density at radius 2 is 2.32 bits per heavy atom. The van der Waals surface area contributed by atoms with Crippen LogP contribution in [-0.4, -0.2) is 32.6 Å². The van der Waals surface area contributed by atoms with Gasteiger partial charge in [0.15, 0.2) is 11.5 Å². The van der Waals surface area contributed by atoms with Crippen LogP contribution in [0, 0.1) is 5.92 Å². The molecule has 1 unspecified atom stereocenters. The number of hydrogen-bond acceptors (Lipinski definition) is 5. The number of aliphatic hydroxyl groups excluding tert-OH is 1. The van der Waals surface area contributed by atoms with Gasteiger partial charge in [-0.3, -0.25) is 0 Å². The first-order valence-corrected chi connectivity index (χ1v) is 6.68. The number of anilines is 2. The minimum Gasteiger partial charge on any atom is -0.396 e. The van der Waals surface area contributed by atoms with Crippen LogP contribution in [0.1, 0.15) is 26.2 Å². The Balaban J connectivity index is 2.09. The van der Waals surface area contributed by atoms with Gasteiger partial charge >= 0.3 is 0 Å². The van der Waals surface area contributed by atoms with E-state index in [2.05, 4.69) is 22.2 Å². The maximum Gasteiger partial charge on any atom is 0.180 e. The minimum atomic E-state index is 0.218. The molecule has 0 bridgehead atoms. The van der Waals surface area contributed by atoms with Crippen molar-refractivity contribution in [1.82, 2.24) is 14.4 Å². The van der Waals surface area contributed by atoms with Crippen molar-refractivity contribution in [2.45, 2.75) is 26.2 Å². The quantitative estimate of drug-likeness (QED) is 0.705. The molecule has 0 aliphatic carbocycles. The smallest absolute Gasteiger partial charge is 0.180 e. The fourth-order valence-corrected chi connectivity index (χ4v) is 2.25. The van der Waals surface area contributed by atoms with Crippen LogP contribution in [0.2, 0.25) is 0 Å². The Morgan fingerprint density at radius 1 is 1.47 bits per heavy atom. The van der Waals surface area contributed by atoms with Crippen molar-refractivity contribution in [3.63, 3.8) is 0 Å². The van der Waals surface area contributed by atoms with E-state index in [0.717, 1.165) is 31.5 Å². The number of nitrogen functional groups attached to an aromatic ring is 1. The average Bonchev–Trinajstić information content (AvgIpc) is 2.84. The van der Waals surface area contributed by atoms with Gasteiger partial charge in [0, 0.05) is 25.5 Å². The van der Waals surface area contributed by atoms with Gasteiger partial charge < -0.3 is 20.6 Å². The molecule has 0 aromatic carbocycles. The number of nitrogens with zero attached hydrogens (tertiary/aromatic N) is 3. The average molecular weight is 263 g/mol. The molecule has 0 saturated heterocycles. The molecule has 2 rings (SSSR count). The summed E-state index contributed by atoms with van der Waals surface area (Å²) in [6.07, 6.45) is 8.30. The number of nitrogens with one attached hydrogen (secondary N) is 1. The van der Waals surface area contributed by atoms with Gasteiger partial charge in [0.25, 0.3) is 0 Å². The van der Waals surface area contributed by atoms with Crippen molar-refractivity contribution in [3.05, 3.63) is 18.6 Å². The van der Waals surface area contributed by atoms with Crippen molar-refractivity contribution in [3.8, 4) is 0 Å². The monoisotopic (exact) mass is 263 g/mol. The predicted molar refractivity (Wildman–Crippen MR) is 76.0 cm³/mol. The molecule has 0 amide bonds. The lowest BCUT2D eigenvalue weighted by Gasteiger charge is -2.16. The van der Waals surface area contributed by atoms with Gasteiger partial charge in [-0.05, 0) is 18.8 Å². The van der Waals surface area contributed by atoms with E-state index < -0.39 is 0 Å². The summed E-state index contributed by atoms with van der Waals surface area (Å²) < 4.78 is 1.85. The second kappa shape index (κ2) is 6.38. The van der Waals surface area contributed by atoms with Crippen LogP contribution in [0.25, 0.3) is 5.65 Å². The summed E-state index contributed by atoms with van der Waals surface area (Å²) in [5.41, 5.74) is 6.54. The van der Waals surface area contributed by atoms with E-state index in [1.54, 1.807) is 12.4 Å². The largest absolute Gasteiger partial charge is 0.396 e. The molecule has 0 saturated carbocycles. The molecule has 0 spiro atoms. The molecular weight excluding hydrogens is 242 g/mol. The predicted octanol–water partition coefficient (Wildman–Crippen LogP) is 1.52. The second-order valence-electron chi connectivity index (χ2n) is 4.72. The zero-order chi connectivity index (χ0) is 13.7. The highest BCUT2D eigenvalue weighted by Crippen LogP contribution is 2.17. The third-order valence-electron chi connectivity index (χ3n) is 3.19. The van der Waals surface area contributed by atoms with Gasteiger partial charge in [-0.1, -0.05) is 13.3 Å². The van der Waals surface area contributed by atoms with E-state index >= 15 is 0 Å². The first kappa shape index (κ1) is 13.6. The zero-order valence-corrected chi connectivity index (χ0v) is 11.2.